The molecule has 144 valence electrons. The van der Waals surface area contributed by atoms with Crippen LogP contribution in [-0.4, -0.2) is 33.4 Å². The Labute approximate surface area is 157 Å². The lowest BCUT2D eigenvalue weighted by atomic mass is 10.1. The van der Waals surface area contributed by atoms with Crippen molar-refractivity contribution >= 4 is 21.8 Å². The number of nitrogens with one attached hydrogen (secondary N) is 3. The molecule has 0 heterocycles. The number of hydrogen-bond donors (Lipinski definition) is 3. The fourth-order valence-corrected chi connectivity index (χ4v) is 3.43. The molecule has 0 bridgehead atoms. The van der Waals surface area contributed by atoms with Crippen molar-refractivity contribution in [2.24, 2.45) is 0 Å². The Bertz CT molecular complexity index is 926. The van der Waals surface area contributed by atoms with Gasteiger partial charge in [0.2, 0.25) is 10.0 Å². The van der Waals surface area contributed by atoms with Crippen molar-refractivity contribution in [1.29, 1.82) is 0 Å². The number of sulfonamides is 1. The molecule has 0 aliphatic heterocycles. The number of ether oxygens (including phenoxy) is 1. The van der Waals surface area contributed by atoms with E-state index in [1.165, 1.54) is 38.3 Å². The van der Waals surface area contributed by atoms with E-state index in [0.717, 1.165) is 5.56 Å². The average molecular weight is 391 g/mol. The van der Waals surface area contributed by atoms with Crippen molar-refractivity contribution in [2.75, 3.05) is 7.11 Å². The van der Waals surface area contributed by atoms with E-state index in [1.54, 1.807) is 31.2 Å². The first kappa shape index (κ1) is 20.4. The molecule has 3 N–H and O–H groups in total. The second-order valence-electron chi connectivity index (χ2n) is 5.78. The van der Waals surface area contributed by atoms with Crippen LogP contribution in [0.5, 0.6) is 5.75 Å². The number of amides is 2. The van der Waals surface area contributed by atoms with Crippen LogP contribution in [0, 0.1) is 6.92 Å². The fraction of sp³-hybridized carbons (Fsp3) is 0.222. The summed E-state index contributed by atoms with van der Waals surface area (Å²) < 4.78 is 31.9. The molecule has 0 fully saturated rings. The molecule has 27 heavy (non-hydrogen) atoms. The number of hydrogen-bond acceptors (Lipinski definition) is 5. The first-order valence-corrected chi connectivity index (χ1v) is 9.55. The van der Waals surface area contributed by atoms with E-state index in [0.29, 0.717) is 11.3 Å². The number of aryl methyl sites for hydroxylation is 1. The van der Waals surface area contributed by atoms with Crippen molar-refractivity contribution in [3.05, 3.63) is 59.7 Å². The lowest BCUT2D eigenvalue weighted by Gasteiger charge is -2.15. The third-order valence-electron chi connectivity index (χ3n) is 3.78. The minimum atomic E-state index is -3.91. The van der Waals surface area contributed by atoms with E-state index in [4.69, 9.17) is 4.74 Å². The van der Waals surface area contributed by atoms with Crippen LogP contribution in [0.4, 0.5) is 0 Å². The number of hydrazine groups is 1. The van der Waals surface area contributed by atoms with Crippen molar-refractivity contribution in [3.63, 3.8) is 0 Å². The highest BCUT2D eigenvalue weighted by Crippen LogP contribution is 2.15. The van der Waals surface area contributed by atoms with Crippen LogP contribution in [0.15, 0.2) is 53.4 Å². The first-order valence-electron chi connectivity index (χ1n) is 8.07. The lowest BCUT2D eigenvalue weighted by Crippen LogP contribution is -2.51. The topological polar surface area (TPSA) is 114 Å². The highest BCUT2D eigenvalue weighted by atomic mass is 32.2. The van der Waals surface area contributed by atoms with Gasteiger partial charge in [-0.3, -0.25) is 20.4 Å². The van der Waals surface area contributed by atoms with Crippen molar-refractivity contribution in [1.82, 2.24) is 15.6 Å². The Morgan fingerprint density at radius 3 is 2.22 bits per heavy atom. The van der Waals surface area contributed by atoms with Crippen LogP contribution in [0.3, 0.4) is 0 Å². The minimum absolute atomic E-state index is 0.00750. The monoisotopic (exact) mass is 391 g/mol. The molecule has 0 saturated heterocycles. The van der Waals surface area contributed by atoms with Gasteiger partial charge in [0.25, 0.3) is 11.8 Å². The van der Waals surface area contributed by atoms with Crippen LogP contribution in [0.25, 0.3) is 0 Å². The summed E-state index contributed by atoms with van der Waals surface area (Å²) in [5.74, 6) is -0.681. The van der Waals surface area contributed by atoms with Crippen LogP contribution < -0.4 is 20.3 Å². The van der Waals surface area contributed by atoms with Crippen molar-refractivity contribution in [3.8, 4) is 5.75 Å². The summed E-state index contributed by atoms with van der Waals surface area (Å²) >= 11 is 0. The van der Waals surface area contributed by atoms with Crippen LogP contribution in [0.2, 0.25) is 0 Å². The Morgan fingerprint density at radius 1 is 1.00 bits per heavy atom. The number of carbonyl (C=O) groups is 2. The summed E-state index contributed by atoms with van der Waals surface area (Å²) in [6, 6.07) is 11.5. The van der Waals surface area contributed by atoms with E-state index in [9.17, 15) is 18.0 Å². The molecular formula is C18H21N3O5S. The molecule has 0 unspecified atom stereocenters. The minimum Gasteiger partial charge on any atom is -0.497 e. The quantitative estimate of drug-likeness (QED) is 0.639. The Balaban J connectivity index is 1.96. The standard InChI is InChI=1S/C18H21N3O5S/c1-12-6-4-5-7-16(12)18(23)20-19-17(22)13(2)21-27(24,25)15-10-8-14(26-3)9-11-15/h4-11,13,21H,1-3H3,(H,19,22)(H,20,23)/t13-/m0/s1. The van der Waals surface area contributed by atoms with E-state index in [-0.39, 0.29) is 4.90 Å². The van der Waals surface area contributed by atoms with Crippen LogP contribution >= 0.6 is 0 Å². The molecule has 9 heteroatoms. The predicted molar refractivity (Wildman–Crippen MR) is 99.6 cm³/mol. The van der Waals surface area contributed by atoms with Gasteiger partial charge in [-0.15, -0.1) is 0 Å². The smallest absolute Gasteiger partial charge is 0.269 e. The fourth-order valence-electron chi connectivity index (χ4n) is 2.23. The maximum absolute atomic E-state index is 12.3. The van der Waals surface area contributed by atoms with E-state index in [2.05, 4.69) is 15.6 Å². The summed E-state index contributed by atoms with van der Waals surface area (Å²) in [6.07, 6.45) is 0. The molecule has 2 amide bonds. The van der Waals surface area contributed by atoms with Gasteiger partial charge in [0, 0.05) is 5.56 Å². The molecule has 2 aromatic carbocycles. The van der Waals surface area contributed by atoms with Gasteiger partial charge in [-0.2, -0.15) is 4.72 Å². The van der Waals surface area contributed by atoms with Gasteiger partial charge in [-0.05, 0) is 49.7 Å². The molecule has 2 rings (SSSR count). The maximum atomic E-state index is 12.3. The Morgan fingerprint density at radius 2 is 1.63 bits per heavy atom. The van der Waals surface area contributed by atoms with Gasteiger partial charge in [0.15, 0.2) is 0 Å². The van der Waals surface area contributed by atoms with Gasteiger partial charge < -0.3 is 4.74 Å². The molecule has 0 spiro atoms. The number of methoxy groups -OCH3 is 1. The molecule has 1 atom stereocenters. The predicted octanol–water partition coefficient (Wildman–Crippen LogP) is 1.13. The summed E-state index contributed by atoms with van der Waals surface area (Å²) in [6.45, 7) is 3.14. The van der Waals surface area contributed by atoms with Gasteiger partial charge in [-0.25, -0.2) is 8.42 Å². The molecular weight excluding hydrogens is 370 g/mol. The maximum Gasteiger partial charge on any atom is 0.269 e. The summed E-state index contributed by atoms with van der Waals surface area (Å²) in [7, 11) is -2.43. The van der Waals surface area contributed by atoms with Crippen LogP contribution in [0.1, 0.15) is 22.8 Å². The van der Waals surface area contributed by atoms with Crippen molar-refractivity contribution < 1.29 is 22.7 Å². The van der Waals surface area contributed by atoms with E-state index < -0.39 is 27.9 Å². The molecule has 0 saturated carbocycles. The third-order valence-corrected chi connectivity index (χ3v) is 5.34. The van der Waals surface area contributed by atoms with Gasteiger partial charge in [0.1, 0.15) is 5.75 Å². The van der Waals surface area contributed by atoms with E-state index >= 15 is 0 Å². The molecule has 0 aliphatic carbocycles. The second kappa shape index (κ2) is 8.65. The van der Waals surface area contributed by atoms with Gasteiger partial charge in [-0.1, -0.05) is 18.2 Å². The van der Waals surface area contributed by atoms with Crippen LogP contribution in [-0.2, 0) is 14.8 Å². The first-order chi connectivity index (χ1) is 12.7. The van der Waals surface area contributed by atoms with E-state index in [1.807, 2.05) is 0 Å². The normalized spacial score (nSPS) is 12.1. The SMILES string of the molecule is COc1ccc(S(=O)(=O)N[C@@H](C)C(=O)NNC(=O)c2ccccc2C)cc1. The zero-order chi connectivity index (χ0) is 20.0. The van der Waals surface area contributed by atoms with Crippen molar-refractivity contribution in [2.45, 2.75) is 24.8 Å². The van der Waals surface area contributed by atoms with Gasteiger partial charge >= 0.3 is 0 Å². The number of carbonyl (C=O) groups excluding carboxylic acids is 2. The molecule has 2 aromatic rings. The molecule has 0 aromatic heterocycles. The zero-order valence-corrected chi connectivity index (χ0v) is 16.0. The number of rotatable bonds is 6. The molecule has 0 radical (unpaired) electrons. The Hall–Kier alpha value is -2.91. The highest BCUT2D eigenvalue weighted by Gasteiger charge is 2.22. The molecule has 0 aliphatic rings. The highest BCUT2D eigenvalue weighted by molar-refractivity contribution is 7.89. The second-order valence-corrected chi connectivity index (χ2v) is 7.49. The lowest BCUT2D eigenvalue weighted by molar-refractivity contribution is -0.123. The number of benzene rings is 2. The molecule has 8 nitrogen and oxygen atoms in total. The summed E-state index contributed by atoms with van der Waals surface area (Å²) in [4.78, 5) is 24.2. The third kappa shape index (κ3) is 5.28. The summed E-state index contributed by atoms with van der Waals surface area (Å²) in [5.41, 5.74) is 5.64. The average Bonchev–Trinajstić information content (AvgIpc) is 2.65. The van der Waals surface area contributed by atoms with Gasteiger partial charge in [0.05, 0.1) is 18.0 Å². The Kier molecular flexibility index (Phi) is 6.54. The summed E-state index contributed by atoms with van der Waals surface area (Å²) in [5, 5.41) is 0. The zero-order valence-electron chi connectivity index (χ0n) is 15.1. The largest absolute Gasteiger partial charge is 0.497 e.